The van der Waals surface area contributed by atoms with Gasteiger partial charge in [0.05, 0.1) is 12.8 Å². The molecule has 12 heteroatoms. The van der Waals surface area contributed by atoms with Gasteiger partial charge in [-0.15, -0.1) is 5.10 Å². The van der Waals surface area contributed by atoms with E-state index in [1.807, 2.05) is 0 Å². The first-order valence-corrected chi connectivity index (χ1v) is 10.7. The molecule has 0 spiro atoms. The van der Waals surface area contributed by atoms with Crippen molar-refractivity contribution in [3.8, 4) is 11.3 Å². The molecule has 4 rings (SSSR count). The largest absolute Gasteiger partial charge is 0.394 e. The van der Waals surface area contributed by atoms with E-state index in [-0.39, 0.29) is 11.3 Å². The normalized spacial score (nSPS) is 25.8. The summed E-state index contributed by atoms with van der Waals surface area (Å²) >= 11 is 7.04. The Balaban J connectivity index is 1.63. The van der Waals surface area contributed by atoms with Crippen molar-refractivity contribution < 1.29 is 33.2 Å². The summed E-state index contributed by atoms with van der Waals surface area (Å²) < 4.78 is 47.2. The van der Waals surface area contributed by atoms with E-state index in [2.05, 4.69) is 10.3 Å². The molecule has 3 N–H and O–H groups in total. The molecule has 2 aromatic carbocycles. The van der Waals surface area contributed by atoms with Crippen LogP contribution in [0, 0.1) is 17.5 Å². The van der Waals surface area contributed by atoms with Crippen molar-refractivity contribution in [2.24, 2.45) is 0 Å². The first-order chi connectivity index (χ1) is 15.3. The SMILES string of the molecule is OC[C@H]1O[C@H](Sc2ccc(Cl)cc2)[C@H](O)[C@@H](n2cc(-c3cc(F)c(F)c(F)c3)nn2)[C@H]1O. The molecule has 0 aliphatic carbocycles. The van der Waals surface area contributed by atoms with Crippen LogP contribution in [0.4, 0.5) is 13.2 Å². The van der Waals surface area contributed by atoms with E-state index < -0.39 is 53.8 Å². The summed E-state index contributed by atoms with van der Waals surface area (Å²) in [6, 6.07) is 7.21. The van der Waals surface area contributed by atoms with E-state index in [4.69, 9.17) is 16.3 Å². The minimum atomic E-state index is -1.61. The van der Waals surface area contributed by atoms with Crippen LogP contribution in [0.5, 0.6) is 0 Å². The van der Waals surface area contributed by atoms with E-state index in [9.17, 15) is 28.5 Å². The number of rotatable bonds is 5. The zero-order chi connectivity index (χ0) is 23.0. The fraction of sp³-hybridized carbons (Fsp3) is 0.300. The molecule has 1 aliphatic heterocycles. The Hall–Kier alpha value is -2.15. The molecule has 1 aliphatic rings. The number of ether oxygens (including phenoxy) is 1. The number of aliphatic hydroxyl groups excluding tert-OH is 3. The van der Waals surface area contributed by atoms with Crippen molar-refractivity contribution in [3.05, 3.63) is 65.1 Å². The van der Waals surface area contributed by atoms with Crippen molar-refractivity contribution in [1.29, 1.82) is 0 Å². The Morgan fingerprint density at radius 3 is 2.34 bits per heavy atom. The van der Waals surface area contributed by atoms with E-state index in [1.165, 1.54) is 6.20 Å². The highest BCUT2D eigenvalue weighted by Gasteiger charge is 2.46. The van der Waals surface area contributed by atoms with Gasteiger partial charge in [0.15, 0.2) is 17.5 Å². The van der Waals surface area contributed by atoms with Gasteiger partial charge in [-0.05, 0) is 36.4 Å². The molecule has 0 radical (unpaired) electrons. The summed E-state index contributed by atoms with van der Waals surface area (Å²) in [6.45, 7) is -0.530. The number of nitrogens with zero attached hydrogens (tertiary/aromatic N) is 3. The average molecular weight is 488 g/mol. The van der Waals surface area contributed by atoms with Crippen LogP contribution in [-0.2, 0) is 4.74 Å². The van der Waals surface area contributed by atoms with Crippen LogP contribution < -0.4 is 0 Å². The molecule has 2 heterocycles. The molecule has 3 aromatic rings. The third-order valence-electron chi connectivity index (χ3n) is 5.01. The zero-order valence-electron chi connectivity index (χ0n) is 16.1. The Bertz CT molecular complexity index is 1080. The van der Waals surface area contributed by atoms with Crippen molar-refractivity contribution in [2.75, 3.05) is 6.61 Å². The molecule has 170 valence electrons. The molecule has 7 nitrogen and oxygen atoms in total. The minimum Gasteiger partial charge on any atom is -0.394 e. The second-order valence-corrected chi connectivity index (χ2v) is 8.71. The van der Waals surface area contributed by atoms with Crippen molar-refractivity contribution in [2.45, 2.75) is 34.7 Å². The quantitative estimate of drug-likeness (QED) is 0.476. The van der Waals surface area contributed by atoms with Gasteiger partial charge in [-0.3, -0.25) is 0 Å². The van der Waals surface area contributed by atoms with E-state index >= 15 is 0 Å². The third kappa shape index (κ3) is 4.49. The summed E-state index contributed by atoms with van der Waals surface area (Å²) in [4.78, 5) is 0.724. The smallest absolute Gasteiger partial charge is 0.194 e. The van der Waals surface area contributed by atoms with Crippen LogP contribution in [0.1, 0.15) is 6.04 Å². The Kier molecular flexibility index (Phi) is 6.75. The van der Waals surface area contributed by atoms with Crippen LogP contribution in [0.25, 0.3) is 11.3 Å². The molecule has 1 saturated heterocycles. The lowest BCUT2D eigenvalue weighted by Gasteiger charge is -2.41. The van der Waals surface area contributed by atoms with E-state index in [0.29, 0.717) is 5.02 Å². The molecular formula is C20H17ClF3N3O4S. The summed E-state index contributed by atoms with van der Waals surface area (Å²) in [5, 5.41) is 39.4. The monoisotopic (exact) mass is 487 g/mol. The number of benzene rings is 2. The molecular weight excluding hydrogens is 471 g/mol. The number of hydrogen-bond acceptors (Lipinski definition) is 7. The van der Waals surface area contributed by atoms with Gasteiger partial charge in [0.2, 0.25) is 0 Å². The summed E-state index contributed by atoms with van der Waals surface area (Å²) in [6.07, 6.45) is -2.45. The Morgan fingerprint density at radius 2 is 1.72 bits per heavy atom. The lowest BCUT2D eigenvalue weighted by molar-refractivity contribution is -0.178. The molecule has 0 unspecified atom stereocenters. The molecule has 5 atom stereocenters. The number of aliphatic hydroxyl groups is 3. The van der Waals surface area contributed by atoms with Crippen LogP contribution >= 0.6 is 23.4 Å². The van der Waals surface area contributed by atoms with Crippen LogP contribution in [0.3, 0.4) is 0 Å². The van der Waals surface area contributed by atoms with Crippen LogP contribution in [0.15, 0.2) is 47.5 Å². The van der Waals surface area contributed by atoms with Gasteiger partial charge in [0, 0.05) is 15.5 Å². The fourth-order valence-corrected chi connectivity index (χ4v) is 4.57. The average Bonchev–Trinajstić information content (AvgIpc) is 3.25. The topological polar surface area (TPSA) is 101 Å². The fourth-order valence-electron chi connectivity index (χ4n) is 3.38. The van der Waals surface area contributed by atoms with Crippen LogP contribution in [-0.4, -0.2) is 60.7 Å². The summed E-state index contributed by atoms with van der Waals surface area (Å²) in [7, 11) is 0. The third-order valence-corrected chi connectivity index (χ3v) is 6.43. The van der Waals surface area contributed by atoms with Gasteiger partial charge in [-0.2, -0.15) is 0 Å². The summed E-state index contributed by atoms with van der Waals surface area (Å²) in [5.74, 6) is -4.38. The maximum absolute atomic E-state index is 13.6. The maximum atomic E-state index is 13.6. The number of halogens is 4. The molecule has 1 aromatic heterocycles. The highest BCUT2D eigenvalue weighted by molar-refractivity contribution is 7.99. The number of thioether (sulfide) groups is 1. The number of aromatic nitrogens is 3. The van der Waals surface area contributed by atoms with Crippen molar-refractivity contribution in [1.82, 2.24) is 15.0 Å². The van der Waals surface area contributed by atoms with Gasteiger partial charge in [0.1, 0.15) is 35.5 Å². The molecule has 0 amide bonds. The number of hydrogen-bond donors (Lipinski definition) is 3. The first kappa shape index (κ1) is 23.0. The van der Waals surface area contributed by atoms with Gasteiger partial charge < -0.3 is 20.1 Å². The molecule has 0 saturated carbocycles. The predicted molar refractivity (Wildman–Crippen MR) is 109 cm³/mol. The lowest BCUT2D eigenvalue weighted by Crippen LogP contribution is -2.55. The first-order valence-electron chi connectivity index (χ1n) is 9.40. The Labute approximate surface area is 189 Å². The molecule has 0 bridgehead atoms. The van der Waals surface area contributed by atoms with Gasteiger partial charge in [0.25, 0.3) is 0 Å². The van der Waals surface area contributed by atoms with E-state index in [1.54, 1.807) is 24.3 Å². The second kappa shape index (κ2) is 9.38. The van der Waals surface area contributed by atoms with E-state index in [0.717, 1.165) is 33.5 Å². The lowest BCUT2D eigenvalue weighted by atomic mass is 9.97. The molecule has 32 heavy (non-hydrogen) atoms. The highest BCUT2D eigenvalue weighted by Crippen LogP contribution is 2.38. The predicted octanol–water partition coefficient (Wildman–Crippen LogP) is 2.79. The van der Waals surface area contributed by atoms with Crippen molar-refractivity contribution >= 4 is 23.4 Å². The minimum absolute atomic E-state index is 0.00357. The highest BCUT2D eigenvalue weighted by atomic mass is 35.5. The van der Waals surface area contributed by atoms with Crippen LogP contribution in [0.2, 0.25) is 5.02 Å². The summed E-state index contributed by atoms with van der Waals surface area (Å²) in [5.41, 5.74) is -0.972. The zero-order valence-corrected chi connectivity index (χ0v) is 17.7. The molecule has 1 fully saturated rings. The maximum Gasteiger partial charge on any atom is 0.194 e. The Morgan fingerprint density at radius 1 is 1.06 bits per heavy atom. The standard InChI is InChI=1S/C20H17ClF3N3O4S/c21-10-1-3-11(4-2-10)32-20-19(30)17(18(29)15(8-28)31-20)27-7-14(25-26-27)9-5-12(22)16(24)13(23)6-9/h1-7,15,17-20,28-30H,8H2/t15-,17+,18+,19-,20-/m1/s1. The van der Waals surface area contributed by atoms with Gasteiger partial charge >= 0.3 is 0 Å². The van der Waals surface area contributed by atoms with Crippen molar-refractivity contribution in [3.63, 3.8) is 0 Å². The second-order valence-electron chi connectivity index (χ2n) is 7.11. The van der Waals surface area contributed by atoms with Gasteiger partial charge in [-0.25, -0.2) is 17.9 Å². The van der Waals surface area contributed by atoms with Gasteiger partial charge in [-0.1, -0.05) is 28.6 Å².